The lowest BCUT2D eigenvalue weighted by molar-refractivity contribution is -0.119. The molecule has 3 aromatic rings. The second kappa shape index (κ2) is 7.44. The summed E-state index contributed by atoms with van der Waals surface area (Å²) in [6.45, 7) is 0. The van der Waals surface area contributed by atoms with Crippen LogP contribution in [0.5, 0.6) is 0 Å². The third-order valence-electron chi connectivity index (χ3n) is 3.69. The van der Waals surface area contributed by atoms with Gasteiger partial charge in [-0.1, -0.05) is 48.5 Å². The van der Waals surface area contributed by atoms with E-state index in [-0.39, 0.29) is 5.69 Å². The Morgan fingerprint density at radius 2 is 1.68 bits per heavy atom. The molecule has 0 unspecified atom stereocenters. The largest absolute Gasteiger partial charge is 0.444 e. The average Bonchev–Trinajstić information content (AvgIpc) is 3.13. The number of rotatable bonds is 6. The van der Waals surface area contributed by atoms with Gasteiger partial charge in [-0.2, -0.15) is 0 Å². The number of aromatic nitrogens is 1. The fraction of sp³-hybridized carbons (Fsp3) is 0.105. The minimum Gasteiger partial charge on any atom is -0.444 e. The number of nitrogens with one attached hydrogen (secondary N) is 1. The predicted octanol–water partition coefficient (Wildman–Crippen LogP) is 2.17. The number of carbonyl (C=O) groups excluding carboxylic acids is 2. The van der Waals surface area contributed by atoms with Gasteiger partial charge < -0.3 is 15.5 Å². The van der Waals surface area contributed by atoms with Gasteiger partial charge in [0.1, 0.15) is 12.3 Å². The Hall–Kier alpha value is -3.41. The maximum atomic E-state index is 12.4. The van der Waals surface area contributed by atoms with Crippen molar-refractivity contribution in [2.75, 3.05) is 0 Å². The minimum atomic E-state index is -0.827. The number of amides is 2. The highest BCUT2D eigenvalue weighted by atomic mass is 16.3. The highest BCUT2D eigenvalue weighted by Gasteiger charge is 2.21. The molecule has 0 radical (unpaired) electrons. The van der Waals surface area contributed by atoms with Crippen LogP contribution in [-0.2, 0) is 11.2 Å². The van der Waals surface area contributed by atoms with E-state index in [0.29, 0.717) is 12.3 Å². The van der Waals surface area contributed by atoms with Crippen LogP contribution in [0, 0.1) is 0 Å². The normalized spacial score (nSPS) is 11.7. The van der Waals surface area contributed by atoms with Crippen molar-refractivity contribution in [1.82, 2.24) is 10.3 Å². The van der Waals surface area contributed by atoms with E-state index in [4.69, 9.17) is 10.2 Å². The van der Waals surface area contributed by atoms with E-state index in [2.05, 4.69) is 10.3 Å². The van der Waals surface area contributed by atoms with E-state index in [9.17, 15) is 9.59 Å². The van der Waals surface area contributed by atoms with Crippen LogP contribution in [0.15, 0.2) is 71.3 Å². The minimum absolute atomic E-state index is 0.0955. The molecule has 0 aliphatic heterocycles. The SMILES string of the molecule is NC(=O)[C@@H](Cc1ccccc1)NC(=O)c1coc(-c2ccccc2)n1. The summed E-state index contributed by atoms with van der Waals surface area (Å²) in [6, 6.07) is 17.7. The molecular weight excluding hydrogens is 318 g/mol. The molecule has 6 nitrogen and oxygen atoms in total. The molecule has 2 amide bonds. The maximum absolute atomic E-state index is 12.4. The molecule has 1 atom stereocenters. The first kappa shape index (κ1) is 16.4. The van der Waals surface area contributed by atoms with Gasteiger partial charge in [-0.3, -0.25) is 9.59 Å². The monoisotopic (exact) mass is 335 g/mol. The zero-order chi connectivity index (χ0) is 17.6. The Balaban J connectivity index is 1.72. The molecule has 0 spiro atoms. The lowest BCUT2D eigenvalue weighted by atomic mass is 10.1. The van der Waals surface area contributed by atoms with Crippen molar-refractivity contribution >= 4 is 11.8 Å². The number of nitrogens with two attached hydrogens (primary N) is 1. The number of hydrogen-bond donors (Lipinski definition) is 2. The summed E-state index contributed by atoms with van der Waals surface area (Å²) in [5.74, 6) is -0.779. The molecule has 0 bridgehead atoms. The summed E-state index contributed by atoms with van der Waals surface area (Å²) in [5, 5.41) is 2.61. The van der Waals surface area contributed by atoms with Crippen LogP contribution < -0.4 is 11.1 Å². The van der Waals surface area contributed by atoms with Crippen LogP contribution >= 0.6 is 0 Å². The van der Waals surface area contributed by atoms with E-state index >= 15 is 0 Å². The molecule has 126 valence electrons. The number of carbonyl (C=O) groups is 2. The molecule has 1 heterocycles. The van der Waals surface area contributed by atoms with Crippen molar-refractivity contribution in [3.63, 3.8) is 0 Å². The third kappa shape index (κ3) is 4.11. The Labute approximate surface area is 144 Å². The molecular formula is C19H17N3O3. The van der Waals surface area contributed by atoms with Gasteiger partial charge in [-0.15, -0.1) is 0 Å². The van der Waals surface area contributed by atoms with E-state index in [0.717, 1.165) is 11.1 Å². The number of hydrogen-bond acceptors (Lipinski definition) is 4. The fourth-order valence-electron chi connectivity index (χ4n) is 2.40. The van der Waals surface area contributed by atoms with Crippen LogP contribution in [0.25, 0.3) is 11.5 Å². The number of primary amides is 1. The highest BCUT2D eigenvalue weighted by Crippen LogP contribution is 2.18. The predicted molar refractivity (Wildman–Crippen MR) is 92.5 cm³/mol. The summed E-state index contributed by atoms with van der Waals surface area (Å²) < 4.78 is 5.34. The molecule has 1 aromatic heterocycles. The molecule has 0 saturated carbocycles. The standard InChI is InChI=1S/C19H17N3O3/c20-17(23)15(11-13-7-3-1-4-8-13)21-18(24)16-12-25-19(22-16)14-9-5-2-6-10-14/h1-10,12,15H,11H2,(H2,20,23)(H,21,24)/t15-/m1/s1. The van der Waals surface area contributed by atoms with Gasteiger partial charge in [0.2, 0.25) is 11.8 Å². The molecule has 3 N–H and O–H groups in total. The van der Waals surface area contributed by atoms with Gasteiger partial charge in [0.05, 0.1) is 0 Å². The maximum Gasteiger partial charge on any atom is 0.273 e. The van der Waals surface area contributed by atoms with Crippen LogP contribution in [0.3, 0.4) is 0 Å². The summed E-state index contributed by atoms with van der Waals surface area (Å²) in [7, 11) is 0. The third-order valence-corrected chi connectivity index (χ3v) is 3.69. The second-order valence-corrected chi connectivity index (χ2v) is 5.52. The molecule has 3 rings (SSSR count). The van der Waals surface area contributed by atoms with Crippen LogP contribution in [0.1, 0.15) is 16.1 Å². The Kier molecular flexibility index (Phi) is 4.89. The van der Waals surface area contributed by atoms with E-state index in [1.54, 1.807) is 0 Å². The van der Waals surface area contributed by atoms with E-state index < -0.39 is 17.9 Å². The zero-order valence-electron chi connectivity index (χ0n) is 13.4. The summed E-state index contributed by atoms with van der Waals surface area (Å²) in [6.07, 6.45) is 1.57. The molecule has 2 aromatic carbocycles. The summed E-state index contributed by atoms with van der Waals surface area (Å²) in [5.41, 5.74) is 7.17. The van der Waals surface area contributed by atoms with Crippen molar-refractivity contribution < 1.29 is 14.0 Å². The smallest absolute Gasteiger partial charge is 0.273 e. The van der Waals surface area contributed by atoms with Gasteiger partial charge in [0.25, 0.3) is 5.91 Å². The van der Waals surface area contributed by atoms with Crippen LogP contribution in [-0.4, -0.2) is 22.8 Å². The fourth-order valence-corrected chi connectivity index (χ4v) is 2.40. The van der Waals surface area contributed by atoms with Gasteiger partial charge >= 0.3 is 0 Å². The lowest BCUT2D eigenvalue weighted by Crippen LogP contribution is -2.45. The van der Waals surface area contributed by atoms with Crippen molar-refractivity contribution in [2.24, 2.45) is 5.73 Å². The Morgan fingerprint density at radius 1 is 1.04 bits per heavy atom. The quantitative estimate of drug-likeness (QED) is 0.721. The number of oxazole rings is 1. The second-order valence-electron chi connectivity index (χ2n) is 5.52. The molecule has 6 heteroatoms. The van der Waals surface area contributed by atoms with E-state index in [1.165, 1.54) is 6.26 Å². The molecule has 0 aliphatic rings. The molecule has 0 aliphatic carbocycles. The zero-order valence-corrected chi connectivity index (χ0v) is 13.4. The first-order chi connectivity index (χ1) is 12.1. The number of benzene rings is 2. The van der Waals surface area contributed by atoms with Gasteiger partial charge in [-0.25, -0.2) is 4.98 Å². The number of nitrogens with zero attached hydrogens (tertiary/aromatic N) is 1. The summed E-state index contributed by atoms with van der Waals surface area (Å²) in [4.78, 5) is 28.2. The first-order valence-corrected chi connectivity index (χ1v) is 7.78. The highest BCUT2D eigenvalue weighted by molar-refractivity contribution is 5.96. The first-order valence-electron chi connectivity index (χ1n) is 7.78. The van der Waals surface area contributed by atoms with Crippen molar-refractivity contribution in [2.45, 2.75) is 12.5 Å². The Bertz CT molecular complexity index is 860. The van der Waals surface area contributed by atoms with Crippen molar-refractivity contribution in [3.8, 4) is 11.5 Å². The lowest BCUT2D eigenvalue weighted by Gasteiger charge is -2.14. The van der Waals surface area contributed by atoms with Crippen molar-refractivity contribution in [1.29, 1.82) is 0 Å². The van der Waals surface area contributed by atoms with Gasteiger partial charge in [0, 0.05) is 12.0 Å². The van der Waals surface area contributed by atoms with E-state index in [1.807, 2.05) is 60.7 Å². The molecule has 25 heavy (non-hydrogen) atoms. The van der Waals surface area contributed by atoms with Crippen LogP contribution in [0.4, 0.5) is 0 Å². The van der Waals surface area contributed by atoms with Crippen molar-refractivity contribution in [3.05, 3.63) is 78.2 Å². The van der Waals surface area contributed by atoms with Crippen LogP contribution in [0.2, 0.25) is 0 Å². The molecule has 0 saturated heterocycles. The van der Waals surface area contributed by atoms with Gasteiger partial charge in [-0.05, 0) is 17.7 Å². The summed E-state index contributed by atoms with van der Waals surface area (Å²) >= 11 is 0. The molecule has 0 fully saturated rings. The average molecular weight is 335 g/mol. The topological polar surface area (TPSA) is 98.2 Å². The Morgan fingerprint density at radius 3 is 2.32 bits per heavy atom. The van der Waals surface area contributed by atoms with Gasteiger partial charge in [0.15, 0.2) is 5.69 Å².